The molecule has 0 aromatic carbocycles. The van der Waals surface area contributed by atoms with Crippen molar-refractivity contribution >= 4 is 48.0 Å². The topological polar surface area (TPSA) is 101 Å². The van der Waals surface area contributed by atoms with Gasteiger partial charge in [-0.25, -0.2) is 0 Å². The minimum absolute atomic E-state index is 0. The summed E-state index contributed by atoms with van der Waals surface area (Å²) in [7, 11) is 0. The molecule has 0 saturated heterocycles. The van der Waals surface area contributed by atoms with E-state index >= 15 is 0 Å². The summed E-state index contributed by atoms with van der Waals surface area (Å²) < 4.78 is 0. The van der Waals surface area contributed by atoms with Gasteiger partial charge < -0.3 is 36.7 Å². The van der Waals surface area contributed by atoms with Crippen molar-refractivity contribution in [2.24, 2.45) is 31.9 Å². The summed E-state index contributed by atoms with van der Waals surface area (Å²) in [5, 5.41) is 13.4. The molecule has 0 aromatic rings. The van der Waals surface area contributed by atoms with Gasteiger partial charge in [0.25, 0.3) is 0 Å². The molecule has 0 fully saturated rings. The Balaban J connectivity index is 0. The van der Waals surface area contributed by atoms with Crippen LogP contribution in [0.2, 0.25) is 0 Å². The maximum Gasteiger partial charge on any atom is 2.00 e. The molecule has 0 aromatic heterocycles. The fourth-order valence-corrected chi connectivity index (χ4v) is 0.334. The van der Waals surface area contributed by atoms with E-state index in [4.69, 9.17) is 11.5 Å². The molecule has 0 spiro atoms. The van der Waals surface area contributed by atoms with Crippen LogP contribution in [-0.2, 0) is 42.3 Å². The van der Waals surface area contributed by atoms with Gasteiger partial charge in [-0.1, -0.05) is 0 Å². The monoisotopic (exact) mass is 265 g/mol. The van der Waals surface area contributed by atoms with Crippen LogP contribution < -0.4 is 11.5 Å². The second-order valence-electron chi connectivity index (χ2n) is 1.41. The molecule has 0 aliphatic heterocycles. The number of rotatable bonds is 3. The molecule has 9 heteroatoms. The molecule has 0 rings (SSSR count). The van der Waals surface area contributed by atoms with Crippen molar-refractivity contribution in [1.29, 1.82) is 0 Å². The molecule has 4 N–H and O–H groups in total. The van der Waals surface area contributed by atoms with Gasteiger partial charge in [0, 0.05) is 0 Å². The summed E-state index contributed by atoms with van der Waals surface area (Å²) in [6.07, 6.45) is 2.50. The molecular weight excluding hydrogens is 260 g/mol. The third kappa shape index (κ3) is 14.1. The molecule has 0 saturated carbocycles. The zero-order valence-electron chi connectivity index (χ0n) is 6.22. The third-order valence-corrected chi connectivity index (χ3v) is 0.676. The van der Waals surface area contributed by atoms with Gasteiger partial charge in [-0.2, -0.15) is 20.4 Å². The molecule has 0 atom stereocenters. The fourth-order valence-electron chi connectivity index (χ4n) is 0.240. The van der Waals surface area contributed by atoms with Crippen LogP contribution in [0.15, 0.2) is 20.4 Å². The molecule has 0 bridgehead atoms. The normalized spacial score (nSPS) is 13.5. The summed E-state index contributed by atoms with van der Waals surface area (Å²) in [6, 6.07) is 0. The molecule has 0 heterocycles. The summed E-state index contributed by atoms with van der Waals surface area (Å²) in [6.45, 7) is 0. The van der Waals surface area contributed by atoms with Crippen molar-refractivity contribution in [3.8, 4) is 0 Å². The van der Waals surface area contributed by atoms with Gasteiger partial charge in [-0.15, -0.1) is 0 Å². The minimum atomic E-state index is -0.0501. The Kier molecular flexibility index (Phi) is 10.6. The molecule has 6 nitrogen and oxygen atoms in total. The van der Waals surface area contributed by atoms with E-state index in [1.165, 1.54) is 12.4 Å². The summed E-state index contributed by atoms with van der Waals surface area (Å²) >= 11 is 8.81. The van der Waals surface area contributed by atoms with E-state index in [1.807, 2.05) is 0 Å². The van der Waals surface area contributed by atoms with Crippen LogP contribution in [-0.4, -0.2) is 22.8 Å². The van der Waals surface area contributed by atoms with Crippen molar-refractivity contribution in [1.82, 2.24) is 0 Å². The van der Waals surface area contributed by atoms with Crippen molar-refractivity contribution < 1.29 is 17.1 Å². The standard InChI is InChI=1S/C4H8N6S2.Cu/c5-3(11)9-7-1-2-8-10-4(6)12;/h1-2H,(H3,5,9,11)(H3,6,10,12);/q;+2/p-2/b7-1-,8-2-;. The van der Waals surface area contributed by atoms with E-state index in [1.54, 1.807) is 0 Å². The van der Waals surface area contributed by atoms with Crippen LogP contribution in [0.3, 0.4) is 0 Å². The van der Waals surface area contributed by atoms with Crippen LogP contribution in [0.25, 0.3) is 0 Å². The Morgan fingerprint density at radius 2 is 1.23 bits per heavy atom. The van der Waals surface area contributed by atoms with E-state index in [2.05, 4.69) is 45.7 Å². The zero-order valence-corrected chi connectivity index (χ0v) is 8.79. The Morgan fingerprint density at radius 1 is 0.923 bits per heavy atom. The average Bonchev–Trinajstić information content (AvgIpc) is 1.95. The van der Waals surface area contributed by atoms with Gasteiger partial charge in [0.15, 0.2) is 0 Å². The van der Waals surface area contributed by atoms with Gasteiger partial charge in [-0.05, 0) is 10.3 Å². The SMILES string of the molecule is N/C([S-])=N/N=C\C=N/N=C(/N)[S-].[Cu+2]. The van der Waals surface area contributed by atoms with Crippen molar-refractivity contribution in [2.75, 3.05) is 0 Å². The maximum absolute atomic E-state index is 5.00. The second kappa shape index (κ2) is 9.33. The zero-order chi connectivity index (χ0) is 9.40. The molecule has 1 radical (unpaired) electrons. The Bertz CT molecular complexity index is 213. The van der Waals surface area contributed by atoms with E-state index < -0.39 is 0 Å². The molecule has 0 amide bonds. The molecule has 75 valence electrons. The summed E-state index contributed by atoms with van der Waals surface area (Å²) in [5.74, 6) is 0. The van der Waals surface area contributed by atoms with Crippen molar-refractivity contribution in [3.63, 3.8) is 0 Å². The molecular formula is C4H6CuN6S2. The maximum atomic E-state index is 5.00. The number of nitrogens with two attached hydrogens (primary N) is 2. The second-order valence-corrected chi connectivity index (χ2v) is 2.24. The van der Waals surface area contributed by atoms with Crippen LogP contribution in [0.5, 0.6) is 0 Å². The number of nitrogens with zero attached hydrogens (tertiary/aromatic N) is 4. The molecule has 0 unspecified atom stereocenters. The average molecular weight is 266 g/mol. The molecule has 13 heavy (non-hydrogen) atoms. The number of amidine groups is 2. The first-order valence-corrected chi connectivity index (χ1v) is 3.50. The molecule has 0 aliphatic rings. The summed E-state index contributed by atoms with van der Waals surface area (Å²) in [5.41, 5.74) is 10.00. The predicted molar refractivity (Wildman–Crippen MR) is 55.0 cm³/mol. The fraction of sp³-hybridized carbons (Fsp3) is 0. The number of hydrogen-bond donors (Lipinski definition) is 2. The van der Waals surface area contributed by atoms with Gasteiger partial charge >= 0.3 is 17.1 Å². The minimum Gasteiger partial charge on any atom is -0.741 e. The van der Waals surface area contributed by atoms with Crippen LogP contribution >= 0.6 is 0 Å². The van der Waals surface area contributed by atoms with E-state index in [-0.39, 0.29) is 27.4 Å². The Hall–Kier alpha value is -0.761. The van der Waals surface area contributed by atoms with Gasteiger partial charge in [0.1, 0.15) is 0 Å². The third-order valence-electron chi connectivity index (χ3n) is 0.513. The Morgan fingerprint density at radius 3 is 1.46 bits per heavy atom. The van der Waals surface area contributed by atoms with Crippen LogP contribution in [0.1, 0.15) is 0 Å². The van der Waals surface area contributed by atoms with Crippen LogP contribution in [0.4, 0.5) is 0 Å². The van der Waals surface area contributed by atoms with Crippen LogP contribution in [0, 0.1) is 0 Å². The molecule has 0 aliphatic carbocycles. The van der Waals surface area contributed by atoms with Gasteiger partial charge in [0.05, 0.1) is 12.4 Å². The quantitative estimate of drug-likeness (QED) is 0.217. The first-order valence-electron chi connectivity index (χ1n) is 2.68. The van der Waals surface area contributed by atoms with E-state index in [0.29, 0.717) is 0 Å². The van der Waals surface area contributed by atoms with Gasteiger partial charge in [0.2, 0.25) is 0 Å². The van der Waals surface area contributed by atoms with Crippen molar-refractivity contribution in [3.05, 3.63) is 0 Å². The summed E-state index contributed by atoms with van der Waals surface area (Å²) in [4.78, 5) is 0. The first kappa shape index (κ1) is 14.7. The van der Waals surface area contributed by atoms with Crippen molar-refractivity contribution in [2.45, 2.75) is 0 Å². The largest absolute Gasteiger partial charge is 2.00 e. The van der Waals surface area contributed by atoms with E-state index in [9.17, 15) is 0 Å². The number of hydrogen-bond acceptors (Lipinski definition) is 6. The predicted octanol–water partition coefficient (Wildman–Crippen LogP) is -1.32. The van der Waals surface area contributed by atoms with E-state index in [0.717, 1.165) is 0 Å². The smallest absolute Gasteiger partial charge is 0.741 e. The first-order chi connectivity index (χ1) is 5.63. The van der Waals surface area contributed by atoms with Gasteiger partial charge in [-0.3, -0.25) is 0 Å². The Labute approximate surface area is 96.9 Å².